The van der Waals surface area contributed by atoms with Crippen molar-refractivity contribution >= 4 is 34.3 Å². The maximum absolute atomic E-state index is 13.4. The number of ether oxygens (including phenoxy) is 1. The monoisotopic (exact) mass is 577 g/mol. The van der Waals surface area contributed by atoms with Crippen LogP contribution in [0.2, 0.25) is 0 Å². The first-order valence-corrected chi connectivity index (χ1v) is 14.8. The number of aromatic nitrogens is 1. The maximum Gasteiger partial charge on any atom is 0.309 e. The fraction of sp³-hybridized carbons (Fsp3) is 0.700. The zero-order chi connectivity index (χ0) is 30.3. The molecule has 9 nitrogen and oxygen atoms in total. The molecule has 0 saturated carbocycles. The van der Waals surface area contributed by atoms with Crippen molar-refractivity contribution in [3.8, 4) is 12.3 Å². The Balaban J connectivity index is 2.49. The highest BCUT2D eigenvalue weighted by Gasteiger charge is 2.43. The Kier molecular flexibility index (Phi) is 12.3. The van der Waals surface area contributed by atoms with E-state index in [0.29, 0.717) is 43.1 Å². The van der Waals surface area contributed by atoms with E-state index in [0.717, 1.165) is 5.57 Å². The van der Waals surface area contributed by atoms with Gasteiger partial charge in [0.15, 0.2) is 5.13 Å². The molecule has 0 unspecified atom stereocenters. The normalized spacial score (nSPS) is 33.2. The minimum absolute atomic E-state index is 0.0234. The van der Waals surface area contributed by atoms with Gasteiger partial charge in [0.2, 0.25) is 0 Å². The topological polar surface area (TPSA) is 155 Å². The molecule has 1 aliphatic rings. The molecule has 6 N–H and O–H groups in total. The third-order valence-corrected chi connectivity index (χ3v) is 9.28. The summed E-state index contributed by atoms with van der Waals surface area (Å²) < 4.78 is 5.95. The van der Waals surface area contributed by atoms with Crippen LogP contribution in [0.4, 0.5) is 5.13 Å². The third kappa shape index (κ3) is 8.60. The molecule has 0 aliphatic carbocycles. The number of terminal acetylenes is 1. The Morgan fingerprint density at radius 3 is 2.58 bits per heavy atom. The maximum atomic E-state index is 13.4. The molecule has 0 spiro atoms. The molecule has 1 saturated heterocycles. The average molecular weight is 578 g/mol. The van der Waals surface area contributed by atoms with Gasteiger partial charge in [-0.2, -0.15) is 0 Å². The van der Waals surface area contributed by atoms with Crippen molar-refractivity contribution < 1.29 is 29.6 Å². The van der Waals surface area contributed by atoms with E-state index in [1.54, 1.807) is 20.8 Å². The first-order valence-electron chi connectivity index (χ1n) is 14.0. The number of Topliss-reactive ketones (excluding diaryl/α,β-unsaturated/α-hetero) is 1. The number of nitrogens with zero attached hydrogens (tertiary/aromatic N) is 1. The lowest BCUT2D eigenvalue weighted by molar-refractivity contribution is -0.155. The number of aliphatic hydroxyl groups excluding tert-OH is 3. The number of hydrogen-bond donors (Lipinski definition) is 5. The number of nitrogen functional groups attached to an aromatic ring is 1. The summed E-state index contributed by atoms with van der Waals surface area (Å²) in [6.07, 6.45) is 6.50. The minimum Gasteiger partial charge on any atom is -0.458 e. The largest absolute Gasteiger partial charge is 0.458 e. The second-order valence-electron chi connectivity index (χ2n) is 11.9. The molecule has 0 aromatic carbocycles. The Labute approximate surface area is 242 Å². The van der Waals surface area contributed by atoms with Crippen molar-refractivity contribution in [1.82, 2.24) is 10.3 Å². The van der Waals surface area contributed by atoms with Crippen LogP contribution in [0.3, 0.4) is 0 Å². The van der Waals surface area contributed by atoms with Crippen LogP contribution in [0.1, 0.15) is 79.3 Å². The zero-order valence-electron chi connectivity index (χ0n) is 24.6. The predicted octanol–water partition coefficient (Wildman–Crippen LogP) is 3.18. The molecule has 7 atom stereocenters. The number of thiazole rings is 1. The third-order valence-electron chi connectivity index (χ3n) is 8.58. The molecule has 1 fully saturated rings. The predicted molar refractivity (Wildman–Crippen MR) is 158 cm³/mol. The van der Waals surface area contributed by atoms with Gasteiger partial charge < -0.3 is 31.1 Å². The molecule has 1 aromatic heterocycles. The summed E-state index contributed by atoms with van der Waals surface area (Å²) in [6, 6.07) is 0. The van der Waals surface area contributed by atoms with Gasteiger partial charge in [0, 0.05) is 29.3 Å². The molecule has 1 aliphatic heterocycles. The second-order valence-corrected chi connectivity index (χ2v) is 12.8. The van der Waals surface area contributed by atoms with Crippen LogP contribution in [-0.2, 0) is 14.3 Å². The molecule has 0 radical (unpaired) electrons. The van der Waals surface area contributed by atoms with Crippen LogP contribution in [-0.4, -0.2) is 69.1 Å². The molecule has 40 heavy (non-hydrogen) atoms. The van der Waals surface area contributed by atoms with E-state index in [-0.39, 0.29) is 24.7 Å². The number of nitrogens with two attached hydrogens (primary N) is 1. The van der Waals surface area contributed by atoms with Crippen molar-refractivity contribution in [1.29, 1.82) is 0 Å². The number of nitrogens with one attached hydrogen (secondary N) is 1. The van der Waals surface area contributed by atoms with Crippen molar-refractivity contribution in [3.63, 3.8) is 0 Å². The number of aliphatic hydroxyl groups is 3. The van der Waals surface area contributed by atoms with Crippen molar-refractivity contribution in [3.05, 3.63) is 16.6 Å². The standard InChI is InChI=1S/C30H47N3O6S/c1-8-21-10-9-11-30(7,32-12-13-34)19(3)15-23(18(2)14-22-17-40-28(31)33-22)39-25(36)16-24(35)29(5,6)27(38)20(4)26(21)37/h1,14,17,19-21,23-24,26,32,34-35,37H,9-13,15-16H2,2-7H3,(H2,31,33)/b18-14+/t19-,20+,21-,23-,24-,26+,30+/m0/s1. The first-order chi connectivity index (χ1) is 18.7. The highest BCUT2D eigenvalue weighted by atomic mass is 32.1. The van der Waals surface area contributed by atoms with Crippen molar-refractivity contribution in [2.24, 2.45) is 23.2 Å². The minimum atomic E-state index is -1.32. The van der Waals surface area contributed by atoms with Gasteiger partial charge in [-0.1, -0.05) is 34.1 Å². The van der Waals surface area contributed by atoms with Crippen LogP contribution in [0.15, 0.2) is 11.0 Å². The Bertz CT molecular complexity index is 1080. The summed E-state index contributed by atoms with van der Waals surface area (Å²) in [7, 11) is 0. The lowest BCUT2D eigenvalue weighted by Gasteiger charge is -2.40. The molecule has 2 heterocycles. The van der Waals surface area contributed by atoms with Gasteiger partial charge in [-0.05, 0) is 50.7 Å². The Hall–Kier alpha value is -2.29. The van der Waals surface area contributed by atoms with Crippen LogP contribution in [0.25, 0.3) is 6.08 Å². The van der Waals surface area contributed by atoms with Crippen LogP contribution < -0.4 is 11.1 Å². The quantitative estimate of drug-likeness (QED) is 0.262. The summed E-state index contributed by atoms with van der Waals surface area (Å²) in [6.45, 7) is 11.1. The molecule has 0 amide bonds. The first kappa shape index (κ1) is 33.9. The van der Waals surface area contributed by atoms with E-state index < -0.39 is 47.1 Å². The highest BCUT2D eigenvalue weighted by molar-refractivity contribution is 7.13. The van der Waals surface area contributed by atoms with Gasteiger partial charge in [-0.25, -0.2) is 4.98 Å². The molecule has 1 aromatic rings. The molecule has 10 heteroatoms. The van der Waals surface area contributed by atoms with Crippen LogP contribution >= 0.6 is 11.3 Å². The molecular formula is C30H47N3O6S. The highest BCUT2D eigenvalue weighted by Crippen LogP contribution is 2.35. The van der Waals surface area contributed by atoms with E-state index >= 15 is 0 Å². The van der Waals surface area contributed by atoms with Gasteiger partial charge in [-0.3, -0.25) is 9.59 Å². The average Bonchev–Trinajstić information content (AvgIpc) is 3.31. The number of anilines is 1. The SMILES string of the molecule is C#C[C@H]1CCC[C@@](C)(NCCO)[C@@H](C)C[C@@H](/C(C)=C/c2csc(N)n2)OC(=O)C[C@H](O)C(C)(C)C(=O)[C@H](C)[C@H]1O. The van der Waals surface area contributed by atoms with Crippen molar-refractivity contribution in [2.45, 2.75) is 97.5 Å². The molecule has 0 bridgehead atoms. The summed E-state index contributed by atoms with van der Waals surface area (Å²) >= 11 is 1.32. The number of cyclic esters (lactones) is 1. The summed E-state index contributed by atoms with van der Waals surface area (Å²) in [5.41, 5.74) is 5.46. The number of ketones is 1. The van der Waals surface area contributed by atoms with E-state index in [2.05, 4.69) is 30.1 Å². The van der Waals surface area contributed by atoms with Gasteiger partial charge >= 0.3 is 5.97 Å². The number of esters is 1. The number of hydrogen-bond acceptors (Lipinski definition) is 10. The van der Waals surface area contributed by atoms with E-state index in [9.17, 15) is 24.9 Å². The molecule has 224 valence electrons. The number of carbonyl (C=O) groups is 2. The number of β-amino-alcohol motifs (C(OH)–C–C–N with tert-alkyl or cyclic N) is 1. The zero-order valence-corrected chi connectivity index (χ0v) is 25.5. The van der Waals surface area contributed by atoms with Gasteiger partial charge in [0.25, 0.3) is 0 Å². The van der Waals surface area contributed by atoms with Crippen molar-refractivity contribution in [2.75, 3.05) is 18.9 Å². The van der Waals surface area contributed by atoms with E-state index in [1.165, 1.54) is 11.3 Å². The van der Waals surface area contributed by atoms with Gasteiger partial charge in [0.05, 0.1) is 36.3 Å². The Morgan fingerprint density at radius 2 is 2.00 bits per heavy atom. The van der Waals surface area contributed by atoms with Crippen LogP contribution in [0, 0.1) is 35.5 Å². The number of rotatable bonds is 5. The lowest BCUT2D eigenvalue weighted by Crippen LogP contribution is -2.50. The molecular weight excluding hydrogens is 530 g/mol. The van der Waals surface area contributed by atoms with E-state index in [1.807, 2.05) is 18.4 Å². The summed E-state index contributed by atoms with van der Waals surface area (Å²) in [4.78, 5) is 30.8. The van der Waals surface area contributed by atoms with E-state index in [4.69, 9.17) is 16.9 Å². The second kappa shape index (κ2) is 14.6. The Morgan fingerprint density at radius 1 is 1.32 bits per heavy atom. The smallest absolute Gasteiger partial charge is 0.309 e. The van der Waals surface area contributed by atoms with Gasteiger partial charge in [-0.15, -0.1) is 23.7 Å². The fourth-order valence-electron chi connectivity index (χ4n) is 5.37. The summed E-state index contributed by atoms with van der Waals surface area (Å²) in [5, 5.41) is 37.3. The number of carbonyl (C=O) groups excluding carboxylic acids is 2. The van der Waals surface area contributed by atoms with Crippen LogP contribution in [0.5, 0.6) is 0 Å². The molecule has 2 rings (SSSR count). The summed E-state index contributed by atoms with van der Waals surface area (Å²) in [5.74, 6) is 0.243. The van der Waals surface area contributed by atoms with Gasteiger partial charge in [0.1, 0.15) is 11.9 Å². The fourth-order valence-corrected chi connectivity index (χ4v) is 5.89. The lowest BCUT2D eigenvalue weighted by atomic mass is 9.72.